The maximum atomic E-state index is 12.0. The lowest BCUT2D eigenvalue weighted by Crippen LogP contribution is -2.35. The third kappa shape index (κ3) is 3.42. The van der Waals surface area contributed by atoms with Crippen molar-refractivity contribution in [1.29, 1.82) is 0 Å². The highest BCUT2D eigenvalue weighted by molar-refractivity contribution is 5.76. The Hall–Kier alpha value is -2.30. The van der Waals surface area contributed by atoms with Crippen LogP contribution in [0.3, 0.4) is 0 Å². The predicted molar refractivity (Wildman–Crippen MR) is 82.5 cm³/mol. The van der Waals surface area contributed by atoms with Gasteiger partial charge in [-0.3, -0.25) is 9.48 Å². The van der Waals surface area contributed by atoms with Gasteiger partial charge in [0.15, 0.2) is 0 Å². The van der Waals surface area contributed by atoms with Crippen LogP contribution >= 0.6 is 0 Å². The van der Waals surface area contributed by atoms with Gasteiger partial charge in [-0.2, -0.15) is 5.10 Å². The summed E-state index contributed by atoms with van der Waals surface area (Å²) in [7, 11) is 0. The number of carbonyl (C=O) groups is 1. The van der Waals surface area contributed by atoms with Gasteiger partial charge in [-0.25, -0.2) is 0 Å². The van der Waals surface area contributed by atoms with Crippen LogP contribution in [0.15, 0.2) is 36.7 Å². The average molecular weight is 284 g/mol. The Balaban J connectivity index is 1.63. The van der Waals surface area contributed by atoms with Crippen molar-refractivity contribution >= 4 is 11.6 Å². The molecule has 0 bridgehead atoms. The molecule has 1 heterocycles. The Bertz CT molecular complexity index is 629. The molecule has 2 aromatic rings. The number of hydrogen-bond donors (Lipinski definition) is 2. The third-order valence-corrected chi connectivity index (χ3v) is 3.88. The second kappa shape index (κ2) is 5.99. The van der Waals surface area contributed by atoms with Crippen molar-refractivity contribution in [2.75, 3.05) is 5.73 Å². The number of nitrogen functional groups attached to an aromatic ring is 1. The quantitative estimate of drug-likeness (QED) is 0.845. The largest absolute Gasteiger partial charge is 0.399 e. The van der Waals surface area contributed by atoms with Crippen molar-refractivity contribution < 1.29 is 4.79 Å². The molecule has 5 heteroatoms. The molecule has 1 aliphatic carbocycles. The molecule has 3 N–H and O–H groups in total. The number of rotatable bonds is 4. The normalized spacial score (nSPS) is 15.2. The molecule has 1 fully saturated rings. The van der Waals surface area contributed by atoms with Crippen molar-refractivity contribution in [3.63, 3.8) is 0 Å². The van der Waals surface area contributed by atoms with Gasteiger partial charge in [0, 0.05) is 23.5 Å². The summed E-state index contributed by atoms with van der Waals surface area (Å²) in [4.78, 5) is 12.0. The molecule has 0 radical (unpaired) electrons. The predicted octanol–water partition coefficient (Wildman–Crippen LogP) is 2.19. The van der Waals surface area contributed by atoms with Crippen molar-refractivity contribution in [3.05, 3.63) is 36.7 Å². The van der Waals surface area contributed by atoms with Crippen molar-refractivity contribution in [3.8, 4) is 11.1 Å². The maximum Gasteiger partial charge on any atom is 0.241 e. The van der Waals surface area contributed by atoms with Crippen molar-refractivity contribution in [2.24, 2.45) is 0 Å². The van der Waals surface area contributed by atoms with Gasteiger partial charge in [0.2, 0.25) is 5.91 Å². The zero-order valence-electron chi connectivity index (χ0n) is 12.0. The number of aromatic nitrogens is 2. The van der Waals surface area contributed by atoms with E-state index >= 15 is 0 Å². The van der Waals surface area contributed by atoms with E-state index in [1.165, 1.54) is 12.8 Å². The standard InChI is InChI=1S/C16H20N4O/c17-14-5-3-4-12(8-14)13-9-18-20(10-13)11-16(21)19-15-6-1-2-7-15/h3-5,8-10,15H,1-2,6-7,11,17H2,(H,19,21). The van der Waals surface area contributed by atoms with Gasteiger partial charge in [0.25, 0.3) is 0 Å². The average Bonchev–Trinajstić information content (AvgIpc) is 3.10. The van der Waals surface area contributed by atoms with Crippen LogP contribution in [0.25, 0.3) is 11.1 Å². The fourth-order valence-corrected chi connectivity index (χ4v) is 2.81. The van der Waals surface area contributed by atoms with Crippen molar-refractivity contribution in [1.82, 2.24) is 15.1 Å². The number of anilines is 1. The fraction of sp³-hybridized carbons (Fsp3) is 0.375. The van der Waals surface area contributed by atoms with E-state index in [2.05, 4.69) is 10.4 Å². The third-order valence-electron chi connectivity index (χ3n) is 3.88. The van der Waals surface area contributed by atoms with Crippen LogP contribution in [0.5, 0.6) is 0 Å². The SMILES string of the molecule is Nc1cccc(-c2cnn(CC(=O)NC3CCCC3)c2)c1. The maximum absolute atomic E-state index is 12.0. The zero-order valence-corrected chi connectivity index (χ0v) is 12.0. The molecule has 21 heavy (non-hydrogen) atoms. The number of amides is 1. The minimum Gasteiger partial charge on any atom is -0.399 e. The monoisotopic (exact) mass is 284 g/mol. The summed E-state index contributed by atoms with van der Waals surface area (Å²) in [6.45, 7) is 0.263. The van der Waals surface area contributed by atoms with E-state index in [-0.39, 0.29) is 12.5 Å². The van der Waals surface area contributed by atoms with Gasteiger partial charge in [0.05, 0.1) is 6.20 Å². The van der Waals surface area contributed by atoms with Gasteiger partial charge >= 0.3 is 0 Å². The minimum absolute atomic E-state index is 0.0316. The van der Waals surface area contributed by atoms with Crippen LogP contribution in [0.4, 0.5) is 5.69 Å². The van der Waals surface area contributed by atoms with E-state index in [4.69, 9.17) is 5.73 Å². The molecule has 0 saturated heterocycles. The first kappa shape index (κ1) is 13.7. The number of benzene rings is 1. The summed E-state index contributed by atoms with van der Waals surface area (Å²) >= 11 is 0. The molecule has 110 valence electrons. The summed E-state index contributed by atoms with van der Waals surface area (Å²) in [5, 5.41) is 7.32. The minimum atomic E-state index is 0.0316. The highest BCUT2D eigenvalue weighted by Crippen LogP contribution is 2.21. The Morgan fingerprint density at radius 1 is 1.33 bits per heavy atom. The molecule has 0 unspecified atom stereocenters. The highest BCUT2D eigenvalue weighted by atomic mass is 16.2. The van der Waals surface area contributed by atoms with Gasteiger partial charge < -0.3 is 11.1 Å². The summed E-state index contributed by atoms with van der Waals surface area (Å²) in [5.74, 6) is 0.0316. The number of hydrogen-bond acceptors (Lipinski definition) is 3. The van der Waals surface area contributed by atoms with E-state index in [9.17, 15) is 4.79 Å². The van der Waals surface area contributed by atoms with Gasteiger partial charge in [0.1, 0.15) is 6.54 Å². The van der Waals surface area contributed by atoms with E-state index in [1.807, 2.05) is 30.5 Å². The molecule has 0 spiro atoms. The van der Waals surface area contributed by atoms with Gasteiger partial charge in [-0.15, -0.1) is 0 Å². The lowest BCUT2D eigenvalue weighted by molar-refractivity contribution is -0.122. The smallest absolute Gasteiger partial charge is 0.241 e. The number of nitrogens with zero attached hydrogens (tertiary/aromatic N) is 2. The molecule has 1 amide bonds. The molecule has 3 rings (SSSR count). The van der Waals surface area contributed by atoms with E-state index < -0.39 is 0 Å². The summed E-state index contributed by atoms with van der Waals surface area (Å²) < 4.78 is 1.67. The van der Waals surface area contributed by atoms with Gasteiger partial charge in [-0.05, 0) is 30.5 Å². The Labute approximate surface area is 124 Å². The lowest BCUT2D eigenvalue weighted by Gasteiger charge is -2.11. The second-order valence-electron chi connectivity index (χ2n) is 5.60. The number of nitrogens with two attached hydrogens (primary N) is 1. The van der Waals surface area contributed by atoms with Gasteiger partial charge in [-0.1, -0.05) is 25.0 Å². The molecular formula is C16H20N4O. The Morgan fingerprint density at radius 2 is 2.14 bits per heavy atom. The summed E-state index contributed by atoms with van der Waals surface area (Å²) in [5.41, 5.74) is 8.49. The van der Waals surface area contributed by atoms with Crippen LogP contribution < -0.4 is 11.1 Å². The molecule has 1 saturated carbocycles. The van der Waals surface area contributed by atoms with Crippen LogP contribution in [0, 0.1) is 0 Å². The fourth-order valence-electron chi connectivity index (χ4n) is 2.81. The Kier molecular flexibility index (Phi) is 3.90. The molecule has 1 aliphatic rings. The Morgan fingerprint density at radius 3 is 2.90 bits per heavy atom. The molecule has 5 nitrogen and oxygen atoms in total. The van der Waals surface area contributed by atoms with Crippen LogP contribution in [-0.4, -0.2) is 21.7 Å². The van der Waals surface area contributed by atoms with Crippen molar-refractivity contribution in [2.45, 2.75) is 38.3 Å². The van der Waals surface area contributed by atoms with Crippen LogP contribution in [-0.2, 0) is 11.3 Å². The van der Waals surface area contributed by atoms with Crippen LogP contribution in [0.1, 0.15) is 25.7 Å². The number of nitrogens with one attached hydrogen (secondary N) is 1. The van der Waals surface area contributed by atoms with E-state index in [0.29, 0.717) is 6.04 Å². The van der Waals surface area contributed by atoms with E-state index in [1.54, 1.807) is 10.9 Å². The molecule has 0 atom stereocenters. The zero-order chi connectivity index (χ0) is 14.7. The molecule has 0 aliphatic heterocycles. The highest BCUT2D eigenvalue weighted by Gasteiger charge is 2.17. The number of carbonyl (C=O) groups excluding carboxylic acids is 1. The summed E-state index contributed by atoms with van der Waals surface area (Å²) in [6, 6.07) is 8.00. The topological polar surface area (TPSA) is 72.9 Å². The molecule has 1 aromatic heterocycles. The first-order valence-corrected chi connectivity index (χ1v) is 7.38. The molecule has 1 aromatic carbocycles. The van der Waals surface area contributed by atoms with Crippen LogP contribution in [0.2, 0.25) is 0 Å². The van der Waals surface area contributed by atoms with E-state index in [0.717, 1.165) is 29.7 Å². The first-order valence-electron chi connectivity index (χ1n) is 7.38. The first-order chi connectivity index (χ1) is 10.2. The summed E-state index contributed by atoms with van der Waals surface area (Å²) in [6.07, 6.45) is 8.26. The lowest BCUT2D eigenvalue weighted by atomic mass is 10.1. The molecular weight excluding hydrogens is 264 g/mol. The second-order valence-corrected chi connectivity index (χ2v) is 5.60.